The molecule has 0 saturated carbocycles. The SMILES string of the molecule is CC(C)=C(N)c1cccc(CC(N)C2Sc3cc(OCCCN)ccc3N2C)c1. The third-order valence-electron chi connectivity index (χ3n) is 5.17. The van der Waals surface area contributed by atoms with Crippen LogP contribution in [0.3, 0.4) is 0 Å². The van der Waals surface area contributed by atoms with Gasteiger partial charge in [-0.2, -0.15) is 0 Å². The first kappa shape index (κ1) is 21.6. The van der Waals surface area contributed by atoms with E-state index >= 15 is 0 Å². The van der Waals surface area contributed by atoms with Crippen molar-refractivity contribution < 1.29 is 4.74 Å². The Morgan fingerprint density at radius 3 is 2.72 bits per heavy atom. The van der Waals surface area contributed by atoms with Crippen LogP contribution in [0.25, 0.3) is 5.70 Å². The maximum Gasteiger partial charge on any atom is 0.120 e. The molecule has 0 aliphatic carbocycles. The third-order valence-corrected chi connectivity index (χ3v) is 6.66. The van der Waals surface area contributed by atoms with Gasteiger partial charge in [-0.3, -0.25) is 0 Å². The predicted octanol–water partition coefficient (Wildman–Crippen LogP) is 3.56. The monoisotopic (exact) mass is 412 g/mol. The number of anilines is 1. The lowest BCUT2D eigenvalue weighted by atomic mass is 10.0. The van der Waals surface area contributed by atoms with Crippen LogP contribution in [-0.2, 0) is 6.42 Å². The number of nitrogens with zero attached hydrogens (tertiary/aromatic N) is 1. The fourth-order valence-electron chi connectivity index (χ4n) is 3.49. The second kappa shape index (κ2) is 9.57. The van der Waals surface area contributed by atoms with Crippen molar-refractivity contribution in [3.8, 4) is 5.75 Å². The lowest BCUT2D eigenvalue weighted by Gasteiger charge is -2.27. The number of allylic oxidation sites excluding steroid dienone is 1. The Morgan fingerprint density at radius 2 is 2.00 bits per heavy atom. The van der Waals surface area contributed by atoms with Crippen LogP contribution < -0.4 is 26.8 Å². The highest BCUT2D eigenvalue weighted by Gasteiger charge is 2.32. The van der Waals surface area contributed by atoms with Crippen molar-refractivity contribution in [3.63, 3.8) is 0 Å². The number of thioether (sulfide) groups is 1. The molecule has 0 saturated heterocycles. The average Bonchev–Trinajstić information content (AvgIpc) is 3.04. The van der Waals surface area contributed by atoms with Crippen LogP contribution in [0.2, 0.25) is 0 Å². The minimum Gasteiger partial charge on any atom is -0.494 e. The molecule has 6 N–H and O–H groups in total. The predicted molar refractivity (Wildman–Crippen MR) is 124 cm³/mol. The third kappa shape index (κ3) is 5.07. The van der Waals surface area contributed by atoms with E-state index in [2.05, 4.69) is 48.3 Å². The van der Waals surface area contributed by atoms with E-state index in [1.807, 2.05) is 19.9 Å². The number of fused-ring (bicyclic) bond motifs is 1. The van der Waals surface area contributed by atoms with Crippen molar-refractivity contribution >= 4 is 23.1 Å². The normalized spacial score (nSPS) is 16.4. The van der Waals surface area contributed by atoms with Gasteiger partial charge in [0, 0.05) is 23.7 Å². The van der Waals surface area contributed by atoms with E-state index in [1.54, 1.807) is 11.8 Å². The number of benzene rings is 2. The molecular formula is C23H32N4OS. The van der Waals surface area contributed by atoms with E-state index in [1.165, 1.54) is 16.1 Å². The molecule has 0 amide bonds. The molecule has 0 radical (unpaired) electrons. The molecule has 1 heterocycles. The van der Waals surface area contributed by atoms with Crippen LogP contribution in [0, 0.1) is 0 Å². The van der Waals surface area contributed by atoms with E-state index in [4.69, 9.17) is 21.9 Å². The zero-order valence-corrected chi connectivity index (χ0v) is 18.3. The zero-order valence-electron chi connectivity index (χ0n) is 17.5. The summed E-state index contributed by atoms with van der Waals surface area (Å²) in [5.74, 6) is 0.886. The highest BCUT2D eigenvalue weighted by Crippen LogP contribution is 2.45. The van der Waals surface area contributed by atoms with Gasteiger partial charge in [0.05, 0.1) is 17.7 Å². The van der Waals surface area contributed by atoms with Crippen LogP contribution in [-0.4, -0.2) is 31.6 Å². The Bertz CT molecular complexity index is 879. The van der Waals surface area contributed by atoms with Gasteiger partial charge < -0.3 is 26.8 Å². The lowest BCUT2D eigenvalue weighted by Crippen LogP contribution is -2.43. The Hall–Kier alpha value is -2.15. The van der Waals surface area contributed by atoms with Crippen LogP contribution in [0.4, 0.5) is 5.69 Å². The summed E-state index contributed by atoms with van der Waals surface area (Å²) in [4.78, 5) is 3.48. The number of nitrogens with two attached hydrogens (primary N) is 3. The van der Waals surface area contributed by atoms with Crippen molar-refractivity contribution in [2.24, 2.45) is 17.2 Å². The van der Waals surface area contributed by atoms with Gasteiger partial charge in [-0.1, -0.05) is 35.5 Å². The van der Waals surface area contributed by atoms with Crippen molar-refractivity contribution in [2.75, 3.05) is 25.1 Å². The smallest absolute Gasteiger partial charge is 0.120 e. The minimum absolute atomic E-state index is 0.0119. The van der Waals surface area contributed by atoms with Crippen LogP contribution in [0.15, 0.2) is 52.9 Å². The second-order valence-corrected chi connectivity index (χ2v) is 8.88. The number of hydrogen-bond acceptors (Lipinski definition) is 6. The molecule has 1 aliphatic rings. The summed E-state index contributed by atoms with van der Waals surface area (Å²) in [6.45, 7) is 5.34. The first-order valence-electron chi connectivity index (χ1n) is 10.0. The van der Waals surface area contributed by atoms with E-state index < -0.39 is 0 Å². The number of hydrogen-bond donors (Lipinski definition) is 3. The maximum atomic E-state index is 6.65. The van der Waals surface area contributed by atoms with Gasteiger partial charge in [0.2, 0.25) is 0 Å². The number of likely N-dealkylation sites (N-methyl/N-ethyl adjacent to an activating group) is 1. The number of ether oxygens (including phenoxy) is 1. The largest absolute Gasteiger partial charge is 0.494 e. The highest BCUT2D eigenvalue weighted by molar-refractivity contribution is 8.00. The molecule has 3 rings (SSSR count). The highest BCUT2D eigenvalue weighted by atomic mass is 32.2. The Balaban J connectivity index is 1.69. The molecule has 5 nitrogen and oxygen atoms in total. The Morgan fingerprint density at radius 1 is 1.21 bits per heavy atom. The molecular weight excluding hydrogens is 380 g/mol. The molecule has 29 heavy (non-hydrogen) atoms. The molecule has 0 fully saturated rings. The first-order valence-corrected chi connectivity index (χ1v) is 10.9. The molecule has 2 aromatic rings. The van der Waals surface area contributed by atoms with E-state index in [-0.39, 0.29) is 11.4 Å². The second-order valence-electron chi connectivity index (χ2n) is 7.72. The topological polar surface area (TPSA) is 90.5 Å². The van der Waals surface area contributed by atoms with Gasteiger partial charge in [0.15, 0.2) is 0 Å². The van der Waals surface area contributed by atoms with E-state index in [0.717, 1.165) is 35.4 Å². The molecule has 2 unspecified atom stereocenters. The van der Waals surface area contributed by atoms with Gasteiger partial charge in [-0.25, -0.2) is 0 Å². The van der Waals surface area contributed by atoms with Crippen molar-refractivity contribution in [1.82, 2.24) is 0 Å². The Kier molecular flexibility index (Phi) is 7.11. The quantitative estimate of drug-likeness (QED) is 0.574. The average molecular weight is 413 g/mol. The maximum absolute atomic E-state index is 6.65. The molecule has 0 spiro atoms. The molecule has 1 aliphatic heterocycles. The minimum atomic E-state index is -0.0119. The van der Waals surface area contributed by atoms with Gasteiger partial charge in [0.1, 0.15) is 5.75 Å². The van der Waals surface area contributed by atoms with Crippen molar-refractivity contribution in [1.29, 1.82) is 0 Å². The van der Waals surface area contributed by atoms with Crippen LogP contribution in [0.1, 0.15) is 31.4 Å². The summed E-state index contributed by atoms with van der Waals surface area (Å²) in [5, 5.41) is 0.175. The molecule has 2 aromatic carbocycles. The summed E-state index contributed by atoms with van der Waals surface area (Å²) in [7, 11) is 2.11. The first-order chi connectivity index (χ1) is 13.9. The summed E-state index contributed by atoms with van der Waals surface area (Å²) < 4.78 is 5.79. The fraction of sp³-hybridized carbons (Fsp3) is 0.391. The lowest BCUT2D eigenvalue weighted by molar-refractivity contribution is 0.313. The standard InChI is InChI=1S/C23H32N4OS/c1-15(2)22(26)17-7-4-6-16(12-17)13-19(25)23-27(3)20-9-8-18(14-21(20)29-23)28-11-5-10-24/h4,6-9,12,14,19,23H,5,10-11,13,24-26H2,1-3H3. The summed E-state index contributed by atoms with van der Waals surface area (Å²) in [6.07, 6.45) is 1.65. The summed E-state index contributed by atoms with van der Waals surface area (Å²) >= 11 is 1.80. The van der Waals surface area contributed by atoms with Gasteiger partial charge in [0.25, 0.3) is 0 Å². The molecule has 156 valence electrons. The van der Waals surface area contributed by atoms with Crippen LogP contribution >= 0.6 is 11.8 Å². The van der Waals surface area contributed by atoms with Crippen molar-refractivity contribution in [3.05, 3.63) is 59.2 Å². The molecule has 6 heteroatoms. The van der Waals surface area contributed by atoms with Crippen molar-refractivity contribution in [2.45, 2.75) is 43.0 Å². The summed E-state index contributed by atoms with van der Waals surface area (Å²) in [6, 6.07) is 14.6. The zero-order chi connectivity index (χ0) is 21.0. The molecule has 0 bridgehead atoms. The van der Waals surface area contributed by atoms with Gasteiger partial charge in [-0.05, 0) is 68.6 Å². The molecule has 0 aromatic heterocycles. The Labute approximate surface area is 178 Å². The van der Waals surface area contributed by atoms with Crippen LogP contribution in [0.5, 0.6) is 5.75 Å². The van der Waals surface area contributed by atoms with E-state index in [0.29, 0.717) is 13.2 Å². The van der Waals surface area contributed by atoms with Gasteiger partial charge >= 0.3 is 0 Å². The fourth-order valence-corrected chi connectivity index (χ4v) is 4.81. The molecule has 2 atom stereocenters. The van der Waals surface area contributed by atoms with E-state index in [9.17, 15) is 0 Å². The van der Waals surface area contributed by atoms with Gasteiger partial charge in [-0.15, -0.1) is 0 Å². The number of rotatable bonds is 8. The summed E-state index contributed by atoms with van der Waals surface area (Å²) in [5.41, 5.74) is 23.8.